The Morgan fingerprint density at radius 3 is 2.84 bits per heavy atom. The quantitative estimate of drug-likeness (QED) is 0.745. The molecule has 0 aliphatic heterocycles. The van der Waals surface area contributed by atoms with Gasteiger partial charge in [0.1, 0.15) is 5.02 Å². The molecule has 0 spiro atoms. The number of carbonyl (C=O) groups is 2. The molecule has 19 heavy (non-hydrogen) atoms. The number of aliphatic carboxylic acids is 1. The van der Waals surface area contributed by atoms with Crippen LogP contribution in [0.1, 0.15) is 30.1 Å². The Hall–Kier alpha value is -1.82. The molecule has 0 aromatic carbocycles. The third-order valence-corrected chi connectivity index (χ3v) is 2.47. The minimum Gasteiger partial charge on any atom is -0.481 e. The molecule has 0 aliphatic rings. The van der Waals surface area contributed by atoms with Crippen LogP contribution in [-0.2, 0) is 4.79 Å². The number of carbonyl (C=O) groups excluding carboxylic acids is 1. The lowest BCUT2D eigenvalue weighted by molar-refractivity contribution is -0.137. The van der Waals surface area contributed by atoms with Crippen LogP contribution < -0.4 is 10.1 Å². The predicted molar refractivity (Wildman–Crippen MR) is 69.6 cm³/mol. The molecule has 1 aromatic rings. The highest BCUT2D eigenvalue weighted by Crippen LogP contribution is 2.22. The van der Waals surface area contributed by atoms with Crippen molar-refractivity contribution in [2.45, 2.75) is 19.8 Å². The molecule has 1 aromatic heterocycles. The van der Waals surface area contributed by atoms with E-state index in [1.165, 1.54) is 12.3 Å². The van der Waals surface area contributed by atoms with E-state index in [-0.39, 0.29) is 29.8 Å². The Kier molecular flexibility index (Phi) is 6.08. The summed E-state index contributed by atoms with van der Waals surface area (Å²) in [5.74, 6) is -0.950. The number of aromatic nitrogens is 1. The van der Waals surface area contributed by atoms with Crippen LogP contribution in [0.2, 0.25) is 5.02 Å². The van der Waals surface area contributed by atoms with Crippen molar-refractivity contribution in [1.82, 2.24) is 10.3 Å². The molecule has 2 N–H and O–H groups in total. The largest absolute Gasteiger partial charge is 0.481 e. The highest BCUT2D eigenvalue weighted by atomic mass is 35.5. The van der Waals surface area contributed by atoms with Gasteiger partial charge in [-0.15, -0.1) is 0 Å². The molecule has 1 rings (SSSR count). The summed E-state index contributed by atoms with van der Waals surface area (Å²) < 4.78 is 5.16. The van der Waals surface area contributed by atoms with Gasteiger partial charge < -0.3 is 15.2 Å². The molecule has 1 heterocycles. The van der Waals surface area contributed by atoms with E-state index < -0.39 is 5.97 Å². The molecular formula is C12H15ClN2O4. The summed E-state index contributed by atoms with van der Waals surface area (Å²) in [7, 11) is 0. The number of hydrogen-bond donors (Lipinski definition) is 2. The first-order valence-corrected chi connectivity index (χ1v) is 6.20. The average molecular weight is 287 g/mol. The van der Waals surface area contributed by atoms with Gasteiger partial charge in [0.05, 0.1) is 12.2 Å². The fourth-order valence-corrected chi connectivity index (χ4v) is 1.56. The van der Waals surface area contributed by atoms with Crippen molar-refractivity contribution in [2.75, 3.05) is 13.2 Å². The number of carboxylic acids is 1. The van der Waals surface area contributed by atoms with Gasteiger partial charge in [-0.05, 0) is 19.4 Å². The number of nitrogens with one attached hydrogen (secondary N) is 1. The number of nitrogens with zero attached hydrogens (tertiary/aromatic N) is 1. The Morgan fingerprint density at radius 2 is 2.26 bits per heavy atom. The monoisotopic (exact) mass is 286 g/mol. The van der Waals surface area contributed by atoms with E-state index in [1.54, 1.807) is 6.92 Å². The summed E-state index contributed by atoms with van der Waals surface area (Å²) in [5.41, 5.74) is 0.309. The van der Waals surface area contributed by atoms with Crippen molar-refractivity contribution in [2.24, 2.45) is 0 Å². The zero-order chi connectivity index (χ0) is 14.3. The summed E-state index contributed by atoms with van der Waals surface area (Å²) in [5, 5.41) is 11.3. The second kappa shape index (κ2) is 7.58. The molecule has 0 unspecified atom stereocenters. The Morgan fingerprint density at radius 1 is 1.53 bits per heavy atom. The van der Waals surface area contributed by atoms with Crippen LogP contribution in [0.25, 0.3) is 0 Å². The number of pyridine rings is 1. The first-order valence-electron chi connectivity index (χ1n) is 5.83. The van der Waals surface area contributed by atoms with Crippen LogP contribution in [0.15, 0.2) is 12.3 Å². The molecule has 0 bridgehead atoms. The van der Waals surface area contributed by atoms with E-state index in [0.717, 1.165) is 0 Å². The average Bonchev–Trinajstić information content (AvgIpc) is 2.36. The van der Waals surface area contributed by atoms with E-state index in [4.69, 9.17) is 21.4 Å². The fraction of sp³-hybridized carbons (Fsp3) is 0.417. The molecule has 104 valence electrons. The van der Waals surface area contributed by atoms with Gasteiger partial charge in [0.15, 0.2) is 0 Å². The van der Waals surface area contributed by atoms with Crippen LogP contribution in [-0.4, -0.2) is 35.1 Å². The second-order valence-electron chi connectivity index (χ2n) is 3.70. The van der Waals surface area contributed by atoms with Crippen molar-refractivity contribution >= 4 is 23.5 Å². The zero-order valence-corrected chi connectivity index (χ0v) is 11.2. The molecule has 1 amide bonds. The highest BCUT2D eigenvalue weighted by molar-refractivity contribution is 6.32. The lowest BCUT2D eigenvalue weighted by atomic mass is 10.2. The van der Waals surface area contributed by atoms with Crippen molar-refractivity contribution < 1.29 is 19.4 Å². The van der Waals surface area contributed by atoms with Crippen molar-refractivity contribution in [1.29, 1.82) is 0 Å². The van der Waals surface area contributed by atoms with E-state index >= 15 is 0 Å². The molecule has 0 aliphatic carbocycles. The summed E-state index contributed by atoms with van der Waals surface area (Å²) >= 11 is 5.91. The summed E-state index contributed by atoms with van der Waals surface area (Å²) in [6.07, 6.45) is 1.76. The van der Waals surface area contributed by atoms with Gasteiger partial charge in [0.25, 0.3) is 5.91 Å². The Bertz CT molecular complexity index is 465. The maximum Gasteiger partial charge on any atom is 0.303 e. The molecule has 0 atom stereocenters. The molecule has 0 fully saturated rings. The van der Waals surface area contributed by atoms with Crippen LogP contribution in [0, 0.1) is 0 Å². The highest BCUT2D eigenvalue weighted by Gasteiger charge is 2.10. The third-order valence-electron chi connectivity index (χ3n) is 2.20. The number of amides is 1. The molecule has 0 saturated carbocycles. The van der Waals surface area contributed by atoms with Gasteiger partial charge in [-0.1, -0.05) is 11.6 Å². The SMILES string of the molecule is CCOc1ncc(C(=O)NCCCC(=O)O)cc1Cl. The third kappa shape index (κ3) is 5.13. The number of halogens is 1. The lowest BCUT2D eigenvalue weighted by Crippen LogP contribution is -2.25. The van der Waals surface area contributed by atoms with Crippen molar-refractivity contribution in [3.05, 3.63) is 22.8 Å². The topological polar surface area (TPSA) is 88.5 Å². The second-order valence-corrected chi connectivity index (χ2v) is 4.10. The van der Waals surface area contributed by atoms with Crippen LogP contribution in [0.3, 0.4) is 0 Å². The van der Waals surface area contributed by atoms with Crippen LogP contribution in [0.5, 0.6) is 5.88 Å². The van der Waals surface area contributed by atoms with Gasteiger partial charge in [-0.2, -0.15) is 0 Å². The first-order chi connectivity index (χ1) is 9.04. The van der Waals surface area contributed by atoms with E-state index in [2.05, 4.69) is 10.3 Å². The number of ether oxygens (including phenoxy) is 1. The van der Waals surface area contributed by atoms with Crippen molar-refractivity contribution in [3.63, 3.8) is 0 Å². The molecule has 6 nitrogen and oxygen atoms in total. The Labute approximate surface area is 115 Å². The maximum absolute atomic E-state index is 11.7. The van der Waals surface area contributed by atoms with E-state index in [9.17, 15) is 9.59 Å². The number of hydrogen-bond acceptors (Lipinski definition) is 4. The van der Waals surface area contributed by atoms with Gasteiger partial charge in [0, 0.05) is 19.2 Å². The summed E-state index contributed by atoms with van der Waals surface area (Å²) in [4.78, 5) is 26.0. The zero-order valence-electron chi connectivity index (χ0n) is 10.5. The fourth-order valence-electron chi connectivity index (χ4n) is 1.34. The maximum atomic E-state index is 11.7. The predicted octanol–water partition coefficient (Wildman–Crippen LogP) is 1.73. The first kappa shape index (κ1) is 15.2. The van der Waals surface area contributed by atoms with Crippen molar-refractivity contribution in [3.8, 4) is 5.88 Å². The summed E-state index contributed by atoms with van der Waals surface area (Å²) in [6, 6.07) is 1.46. The smallest absolute Gasteiger partial charge is 0.303 e. The molecule has 7 heteroatoms. The number of carboxylic acid groups (broad SMARTS) is 1. The van der Waals surface area contributed by atoms with Crippen LogP contribution >= 0.6 is 11.6 Å². The van der Waals surface area contributed by atoms with Gasteiger partial charge >= 0.3 is 5.97 Å². The molecule has 0 radical (unpaired) electrons. The van der Waals surface area contributed by atoms with Gasteiger partial charge in [-0.25, -0.2) is 4.98 Å². The molecule has 0 saturated heterocycles. The summed E-state index contributed by atoms with van der Waals surface area (Å²) in [6.45, 7) is 2.53. The normalized spacial score (nSPS) is 10.0. The lowest BCUT2D eigenvalue weighted by Gasteiger charge is -2.07. The number of rotatable bonds is 7. The standard InChI is InChI=1S/C12H15ClN2O4/c1-2-19-12-9(13)6-8(7-15-12)11(18)14-5-3-4-10(16)17/h6-7H,2-5H2,1H3,(H,14,18)(H,16,17). The van der Waals surface area contributed by atoms with E-state index in [0.29, 0.717) is 18.6 Å². The van der Waals surface area contributed by atoms with E-state index in [1.807, 2.05) is 0 Å². The Balaban J connectivity index is 2.53. The molecular weight excluding hydrogens is 272 g/mol. The minimum absolute atomic E-state index is 0.0164. The van der Waals surface area contributed by atoms with Crippen LogP contribution in [0.4, 0.5) is 0 Å². The van der Waals surface area contributed by atoms with Gasteiger partial charge in [-0.3, -0.25) is 9.59 Å². The van der Waals surface area contributed by atoms with Gasteiger partial charge in [0.2, 0.25) is 5.88 Å². The minimum atomic E-state index is -0.889.